The minimum atomic E-state index is -0.0444. The van der Waals surface area contributed by atoms with Gasteiger partial charge in [0.05, 0.1) is 5.69 Å². The summed E-state index contributed by atoms with van der Waals surface area (Å²) in [6, 6.07) is 11.9. The lowest BCUT2D eigenvalue weighted by atomic mass is 10.0. The first-order chi connectivity index (χ1) is 10.3. The first-order valence-corrected chi connectivity index (χ1v) is 7.56. The number of carbonyl (C=O) groups is 1. The number of hydrogen-bond acceptors (Lipinski definition) is 3. The lowest BCUT2D eigenvalue weighted by Gasteiger charge is -2.29. The Morgan fingerprint density at radius 1 is 1.10 bits per heavy atom. The van der Waals surface area contributed by atoms with Crippen LogP contribution in [-0.2, 0) is 6.42 Å². The molecule has 1 saturated carbocycles. The second kappa shape index (κ2) is 4.95. The lowest BCUT2D eigenvalue weighted by Crippen LogP contribution is -2.36. The Kier molecular flexibility index (Phi) is 2.95. The molecule has 4 heteroatoms. The third-order valence-corrected chi connectivity index (χ3v) is 4.26. The van der Waals surface area contributed by atoms with Crippen molar-refractivity contribution in [3.63, 3.8) is 0 Å². The van der Waals surface area contributed by atoms with Crippen molar-refractivity contribution in [2.75, 3.05) is 11.4 Å². The molecule has 0 N–H and O–H groups in total. The average Bonchev–Trinajstić information content (AvgIpc) is 3.39. The van der Waals surface area contributed by atoms with Gasteiger partial charge in [0.2, 0.25) is 0 Å². The van der Waals surface area contributed by atoms with Gasteiger partial charge in [-0.1, -0.05) is 18.2 Å². The van der Waals surface area contributed by atoms with Gasteiger partial charge in [0.25, 0.3) is 5.91 Å². The van der Waals surface area contributed by atoms with E-state index in [2.05, 4.69) is 16.3 Å². The van der Waals surface area contributed by atoms with Crippen LogP contribution in [0.4, 0.5) is 5.69 Å². The molecule has 0 bridgehead atoms. The zero-order valence-corrected chi connectivity index (χ0v) is 11.8. The van der Waals surface area contributed by atoms with E-state index in [0.29, 0.717) is 11.6 Å². The first-order valence-electron chi connectivity index (χ1n) is 7.56. The molecule has 0 atom stereocenters. The summed E-state index contributed by atoms with van der Waals surface area (Å²) in [5.74, 6) is 0.523. The zero-order chi connectivity index (χ0) is 14.2. The molecule has 21 heavy (non-hydrogen) atoms. The van der Waals surface area contributed by atoms with Crippen molar-refractivity contribution in [3.8, 4) is 0 Å². The summed E-state index contributed by atoms with van der Waals surface area (Å²) < 4.78 is 0. The summed E-state index contributed by atoms with van der Waals surface area (Å²) in [7, 11) is 0. The van der Waals surface area contributed by atoms with Gasteiger partial charge in [-0.2, -0.15) is 5.10 Å². The monoisotopic (exact) mass is 279 g/mol. The van der Waals surface area contributed by atoms with Crippen LogP contribution in [0.1, 0.15) is 46.9 Å². The molecule has 0 radical (unpaired) electrons. The van der Waals surface area contributed by atoms with Gasteiger partial charge in [0.1, 0.15) is 0 Å². The number of nitrogens with zero attached hydrogens (tertiary/aromatic N) is 3. The van der Waals surface area contributed by atoms with Gasteiger partial charge in [-0.05, 0) is 49.4 Å². The normalized spacial score (nSPS) is 17.4. The number of carbonyl (C=O) groups excluding carboxylic acids is 1. The van der Waals surface area contributed by atoms with E-state index in [1.165, 1.54) is 18.4 Å². The fraction of sp³-hybridized carbons (Fsp3) is 0.353. The van der Waals surface area contributed by atoms with Crippen LogP contribution in [0.3, 0.4) is 0 Å². The molecule has 1 aliphatic carbocycles. The largest absolute Gasteiger partial charge is 0.307 e. The number of hydrogen-bond donors (Lipinski definition) is 0. The number of aryl methyl sites for hydroxylation is 1. The van der Waals surface area contributed by atoms with E-state index in [1.807, 2.05) is 35.2 Å². The number of rotatable bonds is 2. The van der Waals surface area contributed by atoms with E-state index in [9.17, 15) is 4.79 Å². The summed E-state index contributed by atoms with van der Waals surface area (Å²) in [6.07, 6.45) is 4.42. The van der Waals surface area contributed by atoms with Crippen molar-refractivity contribution in [3.05, 3.63) is 53.3 Å². The first kappa shape index (κ1) is 12.5. The summed E-state index contributed by atoms with van der Waals surface area (Å²) in [4.78, 5) is 14.5. The van der Waals surface area contributed by atoms with Crippen molar-refractivity contribution in [1.82, 2.24) is 10.2 Å². The smallest absolute Gasteiger partial charge is 0.278 e. The standard InChI is InChI=1S/C17H17N3O/c21-17(15-10-9-14(18-19-15)12-7-8-12)20-11-3-5-13-4-1-2-6-16(13)20/h1-2,4,6,9-10,12H,3,5,7-8,11H2. The van der Waals surface area contributed by atoms with Crippen molar-refractivity contribution in [2.45, 2.75) is 31.6 Å². The summed E-state index contributed by atoms with van der Waals surface area (Å²) >= 11 is 0. The van der Waals surface area contributed by atoms with Crippen LogP contribution in [0.25, 0.3) is 0 Å². The van der Waals surface area contributed by atoms with E-state index < -0.39 is 0 Å². The number of amides is 1. The van der Waals surface area contributed by atoms with Gasteiger partial charge in [0, 0.05) is 18.2 Å². The highest BCUT2D eigenvalue weighted by Crippen LogP contribution is 2.38. The summed E-state index contributed by atoms with van der Waals surface area (Å²) in [5, 5.41) is 8.36. The fourth-order valence-electron chi connectivity index (χ4n) is 2.94. The molecule has 0 unspecified atom stereocenters. The van der Waals surface area contributed by atoms with Crippen LogP contribution >= 0.6 is 0 Å². The molecule has 0 saturated heterocycles. The quantitative estimate of drug-likeness (QED) is 0.849. The van der Waals surface area contributed by atoms with Crippen molar-refractivity contribution in [2.24, 2.45) is 0 Å². The second-order valence-electron chi connectivity index (χ2n) is 5.81. The third kappa shape index (κ3) is 2.31. The van der Waals surface area contributed by atoms with Crippen LogP contribution in [-0.4, -0.2) is 22.6 Å². The molecule has 1 fully saturated rings. The molecule has 1 aliphatic heterocycles. The van der Waals surface area contributed by atoms with Crippen LogP contribution in [0.15, 0.2) is 36.4 Å². The van der Waals surface area contributed by atoms with Gasteiger partial charge in [-0.3, -0.25) is 4.79 Å². The maximum atomic E-state index is 12.7. The second-order valence-corrected chi connectivity index (χ2v) is 5.81. The van der Waals surface area contributed by atoms with Crippen molar-refractivity contribution in [1.29, 1.82) is 0 Å². The van der Waals surface area contributed by atoms with Crippen LogP contribution in [0.5, 0.6) is 0 Å². The highest BCUT2D eigenvalue weighted by Gasteiger charge is 2.27. The number of benzene rings is 1. The van der Waals surface area contributed by atoms with Crippen LogP contribution in [0, 0.1) is 0 Å². The maximum absolute atomic E-state index is 12.7. The minimum Gasteiger partial charge on any atom is -0.307 e. The molecule has 1 aromatic carbocycles. The zero-order valence-electron chi connectivity index (χ0n) is 11.8. The van der Waals surface area contributed by atoms with Gasteiger partial charge >= 0.3 is 0 Å². The maximum Gasteiger partial charge on any atom is 0.278 e. The topological polar surface area (TPSA) is 46.1 Å². The molecule has 2 aliphatic rings. The predicted molar refractivity (Wildman–Crippen MR) is 80.4 cm³/mol. The predicted octanol–water partition coefficient (Wildman–Crippen LogP) is 2.95. The molecular formula is C17H17N3O. The SMILES string of the molecule is O=C(c1ccc(C2CC2)nn1)N1CCCc2ccccc21. The Balaban J connectivity index is 1.62. The highest BCUT2D eigenvalue weighted by molar-refractivity contribution is 6.05. The Bertz CT molecular complexity index is 677. The molecule has 0 spiro atoms. The van der Waals surface area contributed by atoms with E-state index >= 15 is 0 Å². The van der Waals surface area contributed by atoms with Crippen LogP contribution < -0.4 is 4.90 Å². The van der Waals surface area contributed by atoms with E-state index in [4.69, 9.17) is 0 Å². The Hall–Kier alpha value is -2.23. The molecular weight excluding hydrogens is 262 g/mol. The van der Waals surface area contributed by atoms with Crippen LogP contribution in [0.2, 0.25) is 0 Å². The molecule has 4 rings (SSSR count). The number of anilines is 1. The van der Waals surface area contributed by atoms with Crippen molar-refractivity contribution >= 4 is 11.6 Å². The highest BCUT2D eigenvalue weighted by atomic mass is 16.2. The molecule has 2 aromatic rings. The number of para-hydroxylation sites is 1. The minimum absolute atomic E-state index is 0.0444. The van der Waals surface area contributed by atoms with Gasteiger partial charge in [-0.25, -0.2) is 0 Å². The van der Waals surface area contributed by atoms with E-state index in [1.54, 1.807) is 0 Å². The van der Waals surface area contributed by atoms with Crippen molar-refractivity contribution < 1.29 is 4.79 Å². The van der Waals surface area contributed by atoms with Gasteiger partial charge < -0.3 is 4.90 Å². The number of fused-ring (bicyclic) bond motifs is 1. The average molecular weight is 279 g/mol. The summed E-state index contributed by atoms with van der Waals surface area (Å²) in [6.45, 7) is 0.752. The van der Waals surface area contributed by atoms with Gasteiger partial charge in [0.15, 0.2) is 5.69 Å². The number of aromatic nitrogens is 2. The molecule has 4 nitrogen and oxygen atoms in total. The van der Waals surface area contributed by atoms with E-state index in [0.717, 1.165) is 30.8 Å². The fourth-order valence-corrected chi connectivity index (χ4v) is 2.94. The molecule has 106 valence electrons. The molecule has 2 heterocycles. The Morgan fingerprint density at radius 3 is 2.71 bits per heavy atom. The molecule has 1 aromatic heterocycles. The Morgan fingerprint density at radius 2 is 1.95 bits per heavy atom. The molecule has 1 amide bonds. The van der Waals surface area contributed by atoms with Gasteiger partial charge in [-0.15, -0.1) is 5.10 Å². The van der Waals surface area contributed by atoms with E-state index in [-0.39, 0.29) is 5.91 Å². The Labute approximate surface area is 123 Å². The summed E-state index contributed by atoms with van der Waals surface area (Å²) in [5.41, 5.74) is 3.71. The lowest BCUT2D eigenvalue weighted by molar-refractivity contribution is 0.0979. The third-order valence-electron chi connectivity index (χ3n) is 4.26.